The fourth-order valence-electron chi connectivity index (χ4n) is 4.82. The van der Waals surface area contributed by atoms with Gasteiger partial charge in [0.15, 0.2) is 5.43 Å². The quantitative estimate of drug-likeness (QED) is 0.243. The molecule has 0 bridgehead atoms. The smallest absolute Gasteiger partial charge is 0.337 e. The van der Waals surface area contributed by atoms with Gasteiger partial charge < -0.3 is 14.8 Å². The summed E-state index contributed by atoms with van der Waals surface area (Å²) in [5.74, 6) is -0.532. The molecule has 0 aliphatic carbocycles. The van der Waals surface area contributed by atoms with Gasteiger partial charge >= 0.3 is 5.97 Å². The molecular weight excluding hydrogens is 488 g/mol. The highest BCUT2D eigenvalue weighted by Crippen LogP contribution is 2.33. The van der Waals surface area contributed by atoms with Crippen LogP contribution < -0.4 is 10.7 Å². The van der Waals surface area contributed by atoms with E-state index in [4.69, 9.17) is 9.68 Å². The number of hydrogen-bond acceptors (Lipinski definition) is 5. The summed E-state index contributed by atoms with van der Waals surface area (Å²) in [6.07, 6.45) is 0. The largest absolute Gasteiger partial charge is 0.478 e. The van der Waals surface area contributed by atoms with E-state index >= 15 is 0 Å². The topological polar surface area (TPSA) is 103 Å². The Kier molecular flexibility index (Phi) is 6.74. The van der Waals surface area contributed by atoms with Gasteiger partial charge in [-0.25, -0.2) is 4.79 Å². The normalized spacial score (nSPS) is 11.6. The van der Waals surface area contributed by atoms with Crippen molar-refractivity contribution in [3.63, 3.8) is 0 Å². The first kappa shape index (κ1) is 25.5. The SMILES string of the molecule is Cc1cc([C@@H](C)Nc2ccccc2C(=O)O)c2oc(-c3ccc(-c4ccc(C#N)cc4)cc3)c(C)c(=O)c2c1. The number of fused-ring (bicyclic) bond motifs is 1. The van der Waals surface area contributed by atoms with E-state index in [-0.39, 0.29) is 17.0 Å². The number of rotatable bonds is 6. The van der Waals surface area contributed by atoms with Crippen LogP contribution in [0.5, 0.6) is 0 Å². The predicted octanol–water partition coefficient (Wildman–Crippen LogP) is 7.49. The lowest BCUT2D eigenvalue weighted by Gasteiger charge is -2.20. The monoisotopic (exact) mass is 514 g/mol. The van der Waals surface area contributed by atoms with E-state index in [2.05, 4.69) is 11.4 Å². The van der Waals surface area contributed by atoms with Crippen LogP contribution in [0, 0.1) is 25.2 Å². The second-order valence-corrected chi connectivity index (χ2v) is 9.60. The van der Waals surface area contributed by atoms with Gasteiger partial charge in [0.1, 0.15) is 11.3 Å². The molecule has 1 aromatic heterocycles. The molecule has 39 heavy (non-hydrogen) atoms. The van der Waals surface area contributed by atoms with Gasteiger partial charge in [-0.3, -0.25) is 4.79 Å². The summed E-state index contributed by atoms with van der Waals surface area (Å²) in [7, 11) is 0. The summed E-state index contributed by atoms with van der Waals surface area (Å²) in [4.78, 5) is 25.2. The number of carbonyl (C=O) groups is 1. The average Bonchev–Trinajstić information content (AvgIpc) is 2.95. The summed E-state index contributed by atoms with van der Waals surface area (Å²) >= 11 is 0. The summed E-state index contributed by atoms with van der Waals surface area (Å²) in [5, 5.41) is 22.4. The van der Waals surface area contributed by atoms with E-state index in [9.17, 15) is 14.7 Å². The van der Waals surface area contributed by atoms with Crippen molar-refractivity contribution in [1.29, 1.82) is 5.26 Å². The minimum atomic E-state index is -1.02. The molecule has 0 radical (unpaired) electrons. The average molecular weight is 515 g/mol. The summed E-state index contributed by atoms with van der Waals surface area (Å²) in [6, 6.07) is 27.4. The molecule has 0 saturated heterocycles. The van der Waals surface area contributed by atoms with E-state index in [1.165, 1.54) is 0 Å². The number of nitriles is 1. The van der Waals surface area contributed by atoms with Crippen molar-refractivity contribution in [2.24, 2.45) is 0 Å². The van der Waals surface area contributed by atoms with Gasteiger partial charge in [0, 0.05) is 22.4 Å². The predicted molar refractivity (Wildman–Crippen MR) is 153 cm³/mol. The van der Waals surface area contributed by atoms with Crippen LogP contribution in [-0.4, -0.2) is 11.1 Å². The number of nitrogens with zero attached hydrogens (tertiary/aromatic N) is 1. The lowest BCUT2D eigenvalue weighted by atomic mass is 9.97. The summed E-state index contributed by atoms with van der Waals surface area (Å²) in [5.41, 5.74) is 6.54. The van der Waals surface area contributed by atoms with Crippen LogP contribution in [-0.2, 0) is 0 Å². The number of anilines is 1. The maximum atomic E-state index is 13.5. The van der Waals surface area contributed by atoms with Gasteiger partial charge in [-0.15, -0.1) is 0 Å². The zero-order valence-corrected chi connectivity index (χ0v) is 21.8. The molecule has 0 unspecified atom stereocenters. The number of aryl methyl sites for hydroxylation is 1. The van der Waals surface area contributed by atoms with Gasteiger partial charge in [-0.05, 0) is 67.8 Å². The minimum Gasteiger partial charge on any atom is -0.478 e. The third kappa shape index (κ3) is 4.90. The Hall–Kier alpha value is -5.15. The van der Waals surface area contributed by atoms with Crippen molar-refractivity contribution < 1.29 is 14.3 Å². The molecule has 0 saturated carbocycles. The summed E-state index contributed by atoms with van der Waals surface area (Å²) < 4.78 is 6.47. The van der Waals surface area contributed by atoms with Crippen molar-refractivity contribution in [1.82, 2.24) is 0 Å². The Morgan fingerprint density at radius 3 is 2.18 bits per heavy atom. The molecule has 5 rings (SSSR count). The molecule has 0 aliphatic heterocycles. The molecule has 4 aromatic carbocycles. The van der Waals surface area contributed by atoms with Crippen LogP contribution in [0.4, 0.5) is 5.69 Å². The highest BCUT2D eigenvalue weighted by atomic mass is 16.4. The number of carboxylic acids is 1. The minimum absolute atomic E-state index is 0.106. The molecule has 192 valence electrons. The van der Waals surface area contributed by atoms with Crippen LogP contribution in [0.25, 0.3) is 33.4 Å². The van der Waals surface area contributed by atoms with Gasteiger partial charge in [-0.2, -0.15) is 5.26 Å². The van der Waals surface area contributed by atoms with Crippen molar-refractivity contribution >= 4 is 22.6 Å². The Balaban J connectivity index is 1.58. The molecular formula is C33H26N2O4. The standard InChI is InChI=1S/C33H26N2O4/c1-19-16-27(21(3)35-29-7-5-4-6-26(29)33(37)38)32-28(17-19)30(36)20(2)31(39-32)25-14-12-24(13-15-25)23-10-8-22(18-34)9-11-23/h4-17,21,35H,1-3H3,(H,37,38)/t21-/m1/s1. The van der Waals surface area contributed by atoms with Crippen LogP contribution in [0.1, 0.15) is 45.6 Å². The second kappa shape index (κ2) is 10.3. The first-order valence-electron chi connectivity index (χ1n) is 12.5. The number of para-hydroxylation sites is 1. The number of benzene rings is 4. The third-order valence-electron chi connectivity index (χ3n) is 6.88. The second-order valence-electron chi connectivity index (χ2n) is 9.60. The zero-order chi connectivity index (χ0) is 27.7. The maximum absolute atomic E-state index is 13.5. The molecule has 0 amide bonds. The number of hydrogen-bond donors (Lipinski definition) is 2. The first-order valence-corrected chi connectivity index (χ1v) is 12.5. The molecule has 6 heteroatoms. The molecule has 0 aliphatic rings. The highest BCUT2D eigenvalue weighted by molar-refractivity contribution is 5.94. The molecule has 1 atom stereocenters. The number of aromatic carboxylic acids is 1. The van der Waals surface area contributed by atoms with Crippen molar-refractivity contribution in [3.8, 4) is 28.5 Å². The van der Waals surface area contributed by atoms with Crippen LogP contribution in [0.15, 0.2) is 94.1 Å². The van der Waals surface area contributed by atoms with Crippen molar-refractivity contribution in [3.05, 3.63) is 123 Å². The number of carboxylic acid groups (broad SMARTS) is 1. The Labute approximate surface area is 225 Å². The molecule has 0 fully saturated rings. The number of nitrogens with one attached hydrogen (secondary N) is 1. The van der Waals surface area contributed by atoms with Crippen molar-refractivity contribution in [2.45, 2.75) is 26.8 Å². The Morgan fingerprint density at radius 1 is 0.923 bits per heavy atom. The van der Waals surface area contributed by atoms with Crippen LogP contribution >= 0.6 is 0 Å². The van der Waals surface area contributed by atoms with Gasteiger partial charge in [0.2, 0.25) is 0 Å². The fraction of sp³-hybridized carbons (Fsp3) is 0.121. The van der Waals surface area contributed by atoms with E-state index in [1.807, 2.05) is 62.4 Å². The molecule has 2 N–H and O–H groups in total. The van der Waals surface area contributed by atoms with E-state index in [0.717, 1.165) is 27.8 Å². The fourth-order valence-corrected chi connectivity index (χ4v) is 4.82. The Bertz CT molecular complexity index is 1810. The van der Waals surface area contributed by atoms with Gasteiger partial charge in [0.25, 0.3) is 0 Å². The van der Waals surface area contributed by atoms with Crippen molar-refractivity contribution in [2.75, 3.05) is 5.32 Å². The van der Waals surface area contributed by atoms with E-state index in [1.54, 1.807) is 43.3 Å². The molecule has 5 aromatic rings. The van der Waals surface area contributed by atoms with Crippen LogP contribution in [0.2, 0.25) is 0 Å². The van der Waals surface area contributed by atoms with E-state index in [0.29, 0.717) is 33.5 Å². The van der Waals surface area contributed by atoms with Gasteiger partial charge in [0.05, 0.1) is 28.6 Å². The third-order valence-corrected chi connectivity index (χ3v) is 6.88. The highest BCUT2D eigenvalue weighted by Gasteiger charge is 2.20. The molecule has 1 heterocycles. The Morgan fingerprint density at radius 2 is 1.54 bits per heavy atom. The molecule has 6 nitrogen and oxygen atoms in total. The van der Waals surface area contributed by atoms with E-state index < -0.39 is 5.97 Å². The maximum Gasteiger partial charge on any atom is 0.337 e. The first-order chi connectivity index (χ1) is 18.8. The summed E-state index contributed by atoms with van der Waals surface area (Å²) in [6.45, 7) is 5.60. The molecule has 0 spiro atoms. The lowest BCUT2D eigenvalue weighted by Crippen LogP contribution is -2.14. The van der Waals surface area contributed by atoms with Crippen LogP contribution in [0.3, 0.4) is 0 Å². The lowest BCUT2D eigenvalue weighted by molar-refractivity contribution is 0.0698. The zero-order valence-electron chi connectivity index (χ0n) is 21.8. The van der Waals surface area contributed by atoms with Gasteiger partial charge in [-0.1, -0.05) is 54.6 Å².